The highest BCUT2D eigenvalue weighted by atomic mass is 19.3. The third kappa shape index (κ3) is 4.27. The molecule has 1 atom stereocenters. The molecule has 0 radical (unpaired) electrons. The van der Waals surface area contributed by atoms with Crippen molar-refractivity contribution in [3.05, 3.63) is 59.3 Å². The first-order valence-electron chi connectivity index (χ1n) is 13.2. The Morgan fingerprint density at radius 3 is 2.51 bits per heavy atom. The number of amides is 1. The summed E-state index contributed by atoms with van der Waals surface area (Å²) in [4.78, 5) is 15.2. The number of hydrogen-bond acceptors (Lipinski definition) is 3. The lowest BCUT2D eigenvalue weighted by Gasteiger charge is -2.54. The number of anilines is 1. The molecule has 2 aromatic carbocycles. The second kappa shape index (κ2) is 8.86. The molecule has 5 nitrogen and oxygen atoms in total. The maximum absolute atomic E-state index is 13.7. The summed E-state index contributed by atoms with van der Waals surface area (Å²) in [5.41, 5.74) is 4.49. The van der Waals surface area contributed by atoms with Crippen molar-refractivity contribution in [2.45, 2.75) is 70.4 Å². The van der Waals surface area contributed by atoms with E-state index in [4.69, 9.17) is 5.10 Å². The number of fused-ring (bicyclic) bond motifs is 1. The number of carbonyl (C=O) groups excluding carboxylic acids is 1. The first-order chi connectivity index (χ1) is 17.8. The smallest absolute Gasteiger partial charge is 0.266 e. The molecule has 1 amide bonds. The van der Waals surface area contributed by atoms with Gasteiger partial charge in [0.2, 0.25) is 0 Å². The summed E-state index contributed by atoms with van der Waals surface area (Å²) in [6.45, 7) is 3.95. The minimum atomic E-state index is -2.63. The lowest BCUT2D eigenvalue weighted by Crippen LogP contribution is -2.53. The Kier molecular flexibility index (Phi) is 5.74. The van der Waals surface area contributed by atoms with Gasteiger partial charge in [-0.25, -0.2) is 8.78 Å². The summed E-state index contributed by atoms with van der Waals surface area (Å²) in [5, 5.41) is 8.81. The second-order valence-corrected chi connectivity index (χ2v) is 11.1. The van der Waals surface area contributed by atoms with Gasteiger partial charge in [0.15, 0.2) is 0 Å². The molecular weight excluding hydrogens is 470 g/mol. The highest BCUT2D eigenvalue weighted by Gasteiger charge is 2.48. The van der Waals surface area contributed by atoms with E-state index in [0.29, 0.717) is 17.5 Å². The zero-order valence-electron chi connectivity index (χ0n) is 21.4. The summed E-state index contributed by atoms with van der Waals surface area (Å²) in [5.74, 6) is 3.40. The topological polar surface area (TPSA) is 50.2 Å². The fourth-order valence-electron chi connectivity index (χ4n) is 6.38. The van der Waals surface area contributed by atoms with Crippen molar-refractivity contribution in [1.29, 1.82) is 0 Å². The Labute approximate surface area is 216 Å². The SMILES string of the molecule is CC#Cc1ccc(C(=O)NC2CC3(CCC3)C2)c2c1cnn2[C@H](C)c1ccc(N2CCC(F)(F)C2)cc1. The molecule has 0 bridgehead atoms. The van der Waals surface area contributed by atoms with Crippen LogP contribution in [-0.4, -0.2) is 40.7 Å². The van der Waals surface area contributed by atoms with Crippen LogP contribution in [0.3, 0.4) is 0 Å². The Morgan fingerprint density at radius 1 is 1.14 bits per heavy atom. The molecule has 1 N–H and O–H groups in total. The maximum atomic E-state index is 13.7. The molecule has 0 unspecified atom stereocenters. The number of nitrogens with one attached hydrogen (secondary N) is 1. The van der Waals surface area contributed by atoms with Crippen LogP contribution < -0.4 is 10.2 Å². The van der Waals surface area contributed by atoms with E-state index in [1.54, 1.807) is 18.0 Å². The Morgan fingerprint density at radius 2 is 1.89 bits per heavy atom. The molecule has 2 aliphatic carbocycles. The molecule has 192 valence electrons. The van der Waals surface area contributed by atoms with E-state index in [0.717, 1.165) is 40.6 Å². The van der Waals surface area contributed by atoms with Gasteiger partial charge in [0.1, 0.15) is 0 Å². The third-order valence-electron chi connectivity index (χ3n) is 8.65. The Hall–Kier alpha value is -3.40. The lowest BCUT2D eigenvalue weighted by atomic mass is 9.54. The van der Waals surface area contributed by atoms with Crippen LogP contribution in [-0.2, 0) is 0 Å². The normalized spacial score (nSPS) is 20.7. The average Bonchev–Trinajstić information content (AvgIpc) is 3.43. The zero-order chi connectivity index (χ0) is 25.8. The Balaban J connectivity index is 1.29. The summed E-state index contributed by atoms with van der Waals surface area (Å²) < 4.78 is 29.2. The average molecular weight is 503 g/mol. The van der Waals surface area contributed by atoms with Crippen LogP contribution in [0.15, 0.2) is 42.6 Å². The number of benzene rings is 2. The van der Waals surface area contributed by atoms with Crippen LogP contribution in [0.5, 0.6) is 0 Å². The number of rotatable bonds is 5. The minimum absolute atomic E-state index is 0.0700. The third-order valence-corrected chi connectivity index (χ3v) is 8.65. The van der Waals surface area contributed by atoms with Gasteiger partial charge < -0.3 is 10.2 Å². The quantitative estimate of drug-likeness (QED) is 0.441. The largest absolute Gasteiger partial charge is 0.365 e. The van der Waals surface area contributed by atoms with Crippen LogP contribution in [0.25, 0.3) is 10.9 Å². The van der Waals surface area contributed by atoms with Gasteiger partial charge in [-0.05, 0) is 74.8 Å². The van der Waals surface area contributed by atoms with E-state index in [1.165, 1.54) is 19.3 Å². The molecular formula is C30H32F2N4O. The van der Waals surface area contributed by atoms with Crippen molar-refractivity contribution >= 4 is 22.5 Å². The predicted octanol–water partition coefficient (Wildman–Crippen LogP) is 5.92. The fraction of sp³-hybridized carbons (Fsp3) is 0.467. The number of alkyl halides is 2. The monoisotopic (exact) mass is 502 g/mol. The van der Waals surface area contributed by atoms with Crippen molar-refractivity contribution in [3.63, 3.8) is 0 Å². The molecule has 1 aromatic heterocycles. The van der Waals surface area contributed by atoms with E-state index in [9.17, 15) is 13.6 Å². The van der Waals surface area contributed by atoms with Crippen LogP contribution in [0, 0.1) is 17.3 Å². The number of hydrogen-bond donors (Lipinski definition) is 1. The number of nitrogens with zero attached hydrogens (tertiary/aromatic N) is 3. The number of aromatic nitrogens is 2. The van der Waals surface area contributed by atoms with Gasteiger partial charge in [-0.2, -0.15) is 5.10 Å². The van der Waals surface area contributed by atoms with Crippen LogP contribution in [0.2, 0.25) is 0 Å². The lowest BCUT2D eigenvalue weighted by molar-refractivity contribution is -0.000612. The van der Waals surface area contributed by atoms with Crippen molar-refractivity contribution in [1.82, 2.24) is 15.1 Å². The standard InChI is InChI=1S/C30H32F2N4O/c1-3-5-22-8-11-25(28(37)34-23-16-29(17-23)12-4-13-29)27-26(22)18-33-36(27)20(2)21-6-9-24(10-7-21)35-15-14-30(31,32)19-35/h6-11,18,20,23H,4,12-17,19H2,1-2H3,(H,34,37)/t20-/m1/s1. The summed E-state index contributed by atoms with van der Waals surface area (Å²) in [6.07, 6.45) is 7.71. The van der Waals surface area contributed by atoms with Gasteiger partial charge in [0.25, 0.3) is 11.8 Å². The van der Waals surface area contributed by atoms with Gasteiger partial charge in [0.05, 0.1) is 29.9 Å². The molecule has 6 rings (SSSR count). The summed E-state index contributed by atoms with van der Waals surface area (Å²) >= 11 is 0. The predicted molar refractivity (Wildman–Crippen MR) is 141 cm³/mol. The van der Waals surface area contributed by atoms with Gasteiger partial charge in [-0.1, -0.05) is 24.5 Å². The van der Waals surface area contributed by atoms with Crippen molar-refractivity contribution < 1.29 is 13.6 Å². The molecule has 2 heterocycles. The van der Waals surface area contributed by atoms with E-state index in [1.807, 2.05) is 48.0 Å². The van der Waals surface area contributed by atoms with E-state index < -0.39 is 5.92 Å². The number of carbonyl (C=O) groups is 1. The van der Waals surface area contributed by atoms with E-state index in [-0.39, 0.29) is 31.0 Å². The van der Waals surface area contributed by atoms with E-state index in [2.05, 4.69) is 17.2 Å². The summed E-state index contributed by atoms with van der Waals surface area (Å²) in [6, 6.07) is 11.6. The molecule has 1 aliphatic heterocycles. The number of halogens is 2. The molecule has 1 saturated heterocycles. The van der Waals surface area contributed by atoms with Crippen LogP contribution in [0.4, 0.5) is 14.5 Å². The first-order valence-corrected chi connectivity index (χ1v) is 13.2. The highest BCUT2D eigenvalue weighted by molar-refractivity contribution is 6.07. The van der Waals surface area contributed by atoms with Crippen LogP contribution >= 0.6 is 0 Å². The molecule has 3 fully saturated rings. The van der Waals surface area contributed by atoms with Crippen molar-refractivity contribution in [2.24, 2.45) is 5.41 Å². The molecule has 3 aliphatic rings. The summed E-state index contributed by atoms with van der Waals surface area (Å²) in [7, 11) is 0. The second-order valence-electron chi connectivity index (χ2n) is 11.1. The first kappa shape index (κ1) is 24.0. The molecule has 1 spiro atoms. The van der Waals surface area contributed by atoms with Gasteiger partial charge >= 0.3 is 0 Å². The van der Waals surface area contributed by atoms with E-state index >= 15 is 0 Å². The van der Waals surface area contributed by atoms with Gasteiger partial charge in [-0.15, -0.1) is 5.92 Å². The minimum Gasteiger partial charge on any atom is -0.365 e. The highest BCUT2D eigenvalue weighted by Crippen LogP contribution is 2.55. The van der Waals surface area contributed by atoms with Crippen molar-refractivity contribution in [2.75, 3.05) is 18.0 Å². The molecule has 3 aromatic rings. The van der Waals surface area contributed by atoms with Crippen LogP contribution in [0.1, 0.15) is 79.9 Å². The van der Waals surface area contributed by atoms with Crippen molar-refractivity contribution in [3.8, 4) is 11.8 Å². The maximum Gasteiger partial charge on any atom is 0.266 e. The molecule has 2 saturated carbocycles. The fourth-order valence-corrected chi connectivity index (χ4v) is 6.38. The zero-order valence-corrected chi connectivity index (χ0v) is 21.4. The Bertz CT molecular complexity index is 1400. The molecule has 37 heavy (non-hydrogen) atoms. The van der Waals surface area contributed by atoms with Gasteiger partial charge in [-0.3, -0.25) is 9.48 Å². The van der Waals surface area contributed by atoms with Gasteiger partial charge in [0, 0.05) is 35.6 Å². The molecule has 7 heteroatoms.